The van der Waals surface area contributed by atoms with Gasteiger partial charge in [-0.05, 0) is 61.5 Å². The Hall–Kier alpha value is -2.79. The SMILES string of the molecule is CCOc1ccc(-c2cc(C(=O)Nc3ccc(Cl)cc3)[nH]n2)cc1. The van der Waals surface area contributed by atoms with Crippen LogP contribution in [0, 0.1) is 0 Å². The Morgan fingerprint density at radius 1 is 1.17 bits per heavy atom. The first-order valence-corrected chi connectivity index (χ1v) is 7.89. The van der Waals surface area contributed by atoms with Crippen molar-refractivity contribution >= 4 is 23.2 Å². The summed E-state index contributed by atoms with van der Waals surface area (Å²) >= 11 is 5.83. The standard InChI is InChI=1S/C18H16ClN3O2/c1-2-24-15-9-3-12(4-10-15)16-11-17(22-21-16)18(23)20-14-7-5-13(19)6-8-14/h3-11H,2H2,1H3,(H,20,23)(H,21,22). The maximum absolute atomic E-state index is 12.2. The lowest BCUT2D eigenvalue weighted by Crippen LogP contribution is -2.12. The Morgan fingerprint density at radius 2 is 1.88 bits per heavy atom. The predicted molar refractivity (Wildman–Crippen MR) is 94.6 cm³/mol. The van der Waals surface area contributed by atoms with Gasteiger partial charge in [0, 0.05) is 16.3 Å². The Labute approximate surface area is 144 Å². The fraction of sp³-hybridized carbons (Fsp3) is 0.111. The van der Waals surface area contributed by atoms with E-state index < -0.39 is 0 Å². The molecule has 0 aliphatic heterocycles. The van der Waals surface area contributed by atoms with Crippen LogP contribution < -0.4 is 10.1 Å². The highest BCUT2D eigenvalue weighted by Gasteiger charge is 2.11. The van der Waals surface area contributed by atoms with Gasteiger partial charge in [-0.25, -0.2) is 0 Å². The van der Waals surface area contributed by atoms with Gasteiger partial charge in [0.05, 0.1) is 12.3 Å². The fourth-order valence-corrected chi connectivity index (χ4v) is 2.33. The van der Waals surface area contributed by atoms with Crippen LogP contribution >= 0.6 is 11.6 Å². The number of carbonyl (C=O) groups is 1. The molecule has 5 nitrogen and oxygen atoms in total. The molecule has 0 fully saturated rings. The summed E-state index contributed by atoms with van der Waals surface area (Å²) in [4.78, 5) is 12.2. The van der Waals surface area contributed by atoms with E-state index in [-0.39, 0.29) is 5.91 Å². The van der Waals surface area contributed by atoms with E-state index in [0.717, 1.165) is 11.3 Å². The lowest BCUT2D eigenvalue weighted by molar-refractivity contribution is 0.102. The Bertz CT molecular complexity index is 826. The zero-order valence-electron chi connectivity index (χ0n) is 13.0. The first kappa shape index (κ1) is 16.1. The van der Waals surface area contributed by atoms with Crippen LogP contribution in [-0.2, 0) is 0 Å². The molecule has 122 valence electrons. The van der Waals surface area contributed by atoms with Crippen LogP contribution in [0.25, 0.3) is 11.3 Å². The Balaban J connectivity index is 1.72. The van der Waals surface area contributed by atoms with Crippen LogP contribution in [0.3, 0.4) is 0 Å². The van der Waals surface area contributed by atoms with E-state index in [1.54, 1.807) is 30.3 Å². The number of aromatic amines is 1. The van der Waals surface area contributed by atoms with Crippen LogP contribution in [0.15, 0.2) is 54.6 Å². The highest BCUT2D eigenvalue weighted by Crippen LogP contribution is 2.22. The van der Waals surface area contributed by atoms with Crippen molar-refractivity contribution in [2.45, 2.75) is 6.92 Å². The molecule has 24 heavy (non-hydrogen) atoms. The quantitative estimate of drug-likeness (QED) is 0.723. The van der Waals surface area contributed by atoms with E-state index in [9.17, 15) is 4.79 Å². The zero-order valence-corrected chi connectivity index (χ0v) is 13.8. The largest absolute Gasteiger partial charge is 0.494 e. The van der Waals surface area contributed by atoms with Crippen molar-refractivity contribution < 1.29 is 9.53 Å². The van der Waals surface area contributed by atoms with Crippen LogP contribution in [0.4, 0.5) is 5.69 Å². The number of halogens is 1. The van der Waals surface area contributed by atoms with Gasteiger partial charge in [0.25, 0.3) is 5.91 Å². The molecule has 0 unspecified atom stereocenters. The highest BCUT2D eigenvalue weighted by atomic mass is 35.5. The van der Waals surface area contributed by atoms with Crippen LogP contribution in [0.2, 0.25) is 5.02 Å². The van der Waals surface area contributed by atoms with E-state index in [1.165, 1.54) is 0 Å². The molecule has 0 bridgehead atoms. The second kappa shape index (κ2) is 7.19. The first-order valence-electron chi connectivity index (χ1n) is 7.51. The molecule has 0 aliphatic rings. The van der Waals surface area contributed by atoms with E-state index >= 15 is 0 Å². The van der Waals surface area contributed by atoms with Crippen molar-refractivity contribution in [1.29, 1.82) is 0 Å². The average Bonchev–Trinajstić information content (AvgIpc) is 3.08. The second-order valence-corrected chi connectivity index (χ2v) is 5.52. The van der Waals surface area contributed by atoms with E-state index in [0.29, 0.717) is 28.7 Å². The molecular weight excluding hydrogens is 326 g/mol. The molecule has 1 heterocycles. The number of nitrogens with zero attached hydrogens (tertiary/aromatic N) is 1. The normalized spacial score (nSPS) is 10.4. The number of ether oxygens (including phenoxy) is 1. The number of hydrogen-bond acceptors (Lipinski definition) is 3. The summed E-state index contributed by atoms with van der Waals surface area (Å²) in [5.74, 6) is 0.541. The molecule has 2 aromatic carbocycles. The molecule has 3 aromatic rings. The highest BCUT2D eigenvalue weighted by molar-refractivity contribution is 6.30. The fourth-order valence-electron chi connectivity index (χ4n) is 2.21. The molecule has 3 rings (SSSR count). The number of hydrogen-bond donors (Lipinski definition) is 2. The summed E-state index contributed by atoms with van der Waals surface area (Å²) in [7, 11) is 0. The molecule has 0 saturated heterocycles. The molecule has 1 aromatic heterocycles. The Morgan fingerprint density at radius 3 is 2.54 bits per heavy atom. The summed E-state index contributed by atoms with van der Waals surface area (Å²) in [5, 5.41) is 10.4. The third-order valence-electron chi connectivity index (χ3n) is 3.39. The van der Waals surface area contributed by atoms with Gasteiger partial charge in [0.15, 0.2) is 0 Å². The maximum atomic E-state index is 12.2. The molecule has 0 atom stereocenters. The number of benzene rings is 2. The van der Waals surface area contributed by atoms with Gasteiger partial charge in [-0.3, -0.25) is 9.89 Å². The maximum Gasteiger partial charge on any atom is 0.273 e. The third kappa shape index (κ3) is 3.75. The molecule has 1 amide bonds. The van der Waals surface area contributed by atoms with Crippen molar-refractivity contribution in [3.8, 4) is 17.0 Å². The van der Waals surface area contributed by atoms with Crippen molar-refractivity contribution in [2.75, 3.05) is 11.9 Å². The summed E-state index contributed by atoms with van der Waals surface area (Å²) in [6, 6.07) is 16.2. The smallest absolute Gasteiger partial charge is 0.273 e. The number of aromatic nitrogens is 2. The summed E-state index contributed by atoms with van der Waals surface area (Å²) < 4.78 is 5.41. The molecule has 0 aliphatic carbocycles. The molecular formula is C18H16ClN3O2. The zero-order chi connectivity index (χ0) is 16.9. The van der Waals surface area contributed by atoms with Crippen molar-refractivity contribution in [2.24, 2.45) is 0 Å². The summed E-state index contributed by atoms with van der Waals surface area (Å²) in [6.07, 6.45) is 0. The van der Waals surface area contributed by atoms with Gasteiger partial charge in [-0.1, -0.05) is 11.6 Å². The molecule has 0 spiro atoms. The van der Waals surface area contributed by atoms with Gasteiger partial charge >= 0.3 is 0 Å². The second-order valence-electron chi connectivity index (χ2n) is 5.09. The van der Waals surface area contributed by atoms with Gasteiger partial charge in [-0.15, -0.1) is 0 Å². The Kier molecular flexibility index (Phi) is 4.82. The summed E-state index contributed by atoms with van der Waals surface area (Å²) in [6.45, 7) is 2.56. The van der Waals surface area contributed by atoms with Gasteiger partial charge < -0.3 is 10.1 Å². The minimum atomic E-state index is -0.262. The first-order chi connectivity index (χ1) is 11.7. The number of nitrogens with one attached hydrogen (secondary N) is 2. The number of amides is 1. The topological polar surface area (TPSA) is 67.0 Å². The lowest BCUT2D eigenvalue weighted by atomic mass is 10.1. The van der Waals surface area contributed by atoms with E-state index in [2.05, 4.69) is 15.5 Å². The van der Waals surface area contributed by atoms with E-state index in [4.69, 9.17) is 16.3 Å². The number of anilines is 1. The van der Waals surface area contributed by atoms with Gasteiger partial charge in [-0.2, -0.15) is 5.10 Å². The number of rotatable bonds is 5. The predicted octanol–water partition coefficient (Wildman–Crippen LogP) is 4.38. The van der Waals surface area contributed by atoms with E-state index in [1.807, 2.05) is 31.2 Å². The number of H-pyrrole nitrogens is 1. The van der Waals surface area contributed by atoms with Crippen LogP contribution in [0.1, 0.15) is 17.4 Å². The monoisotopic (exact) mass is 341 g/mol. The molecule has 0 saturated carbocycles. The minimum Gasteiger partial charge on any atom is -0.494 e. The average molecular weight is 342 g/mol. The van der Waals surface area contributed by atoms with Gasteiger partial charge in [0.1, 0.15) is 11.4 Å². The summed E-state index contributed by atoms with van der Waals surface area (Å²) in [5.41, 5.74) is 2.65. The van der Waals surface area contributed by atoms with Crippen molar-refractivity contribution in [3.63, 3.8) is 0 Å². The van der Waals surface area contributed by atoms with Crippen LogP contribution in [0.5, 0.6) is 5.75 Å². The lowest BCUT2D eigenvalue weighted by Gasteiger charge is -2.03. The minimum absolute atomic E-state index is 0.262. The molecule has 2 N–H and O–H groups in total. The van der Waals surface area contributed by atoms with Crippen LogP contribution in [-0.4, -0.2) is 22.7 Å². The third-order valence-corrected chi connectivity index (χ3v) is 3.64. The number of carbonyl (C=O) groups excluding carboxylic acids is 1. The van der Waals surface area contributed by atoms with Crippen molar-refractivity contribution in [3.05, 3.63) is 65.3 Å². The van der Waals surface area contributed by atoms with Gasteiger partial charge in [0.2, 0.25) is 0 Å². The van der Waals surface area contributed by atoms with Crippen molar-refractivity contribution in [1.82, 2.24) is 10.2 Å². The molecule has 6 heteroatoms. The molecule has 0 radical (unpaired) electrons.